The number of hydrogen-bond donors (Lipinski definition) is 1. The van der Waals surface area contributed by atoms with Crippen LogP contribution >= 0.6 is 11.6 Å². The Labute approximate surface area is 156 Å². The number of benzene rings is 1. The van der Waals surface area contributed by atoms with Crippen molar-refractivity contribution in [3.63, 3.8) is 0 Å². The number of amides is 1. The lowest BCUT2D eigenvalue weighted by atomic mass is 9.81. The smallest absolute Gasteiger partial charge is 0.409 e. The minimum Gasteiger partial charge on any atom is -0.482 e. The van der Waals surface area contributed by atoms with Crippen LogP contribution in [0.25, 0.3) is 11.3 Å². The van der Waals surface area contributed by atoms with E-state index in [4.69, 9.17) is 21.1 Å². The second-order valence-corrected chi connectivity index (χ2v) is 7.84. The molecule has 0 atom stereocenters. The van der Waals surface area contributed by atoms with Gasteiger partial charge in [0.2, 0.25) is 0 Å². The van der Waals surface area contributed by atoms with Crippen molar-refractivity contribution >= 4 is 17.7 Å². The number of piperidine rings is 1. The van der Waals surface area contributed by atoms with Crippen molar-refractivity contribution in [3.8, 4) is 17.0 Å². The van der Waals surface area contributed by atoms with E-state index in [-0.39, 0.29) is 6.09 Å². The molecule has 136 valence electrons. The molecule has 1 aromatic heterocycles. The normalized spacial score (nSPS) is 20.3. The summed E-state index contributed by atoms with van der Waals surface area (Å²) in [7, 11) is 0. The third kappa shape index (κ3) is 2.63. The molecule has 1 saturated carbocycles. The van der Waals surface area contributed by atoms with E-state index in [1.165, 1.54) is 12.8 Å². The Morgan fingerprint density at radius 2 is 2.19 bits per heavy atom. The van der Waals surface area contributed by atoms with Crippen LogP contribution < -0.4 is 4.74 Å². The van der Waals surface area contributed by atoms with Crippen molar-refractivity contribution in [1.82, 2.24) is 15.1 Å². The SMILES string of the molecule is O=C(OCC1CC1)N1CCC2(CC1)Oc1cc(Cl)ccc1-c1[nH]ncc12. The van der Waals surface area contributed by atoms with E-state index in [0.29, 0.717) is 43.5 Å². The molecule has 0 bridgehead atoms. The largest absolute Gasteiger partial charge is 0.482 e. The van der Waals surface area contributed by atoms with Gasteiger partial charge in [-0.05, 0) is 37.0 Å². The summed E-state index contributed by atoms with van der Waals surface area (Å²) in [6.07, 6.45) is 5.38. The number of likely N-dealkylation sites (tertiary alicyclic amines) is 1. The van der Waals surface area contributed by atoms with Crippen LogP contribution in [0, 0.1) is 5.92 Å². The zero-order valence-corrected chi connectivity index (χ0v) is 15.1. The summed E-state index contributed by atoms with van der Waals surface area (Å²) in [5.74, 6) is 1.34. The number of aromatic nitrogens is 2. The van der Waals surface area contributed by atoms with Gasteiger partial charge in [0.25, 0.3) is 0 Å². The first-order valence-electron chi connectivity index (χ1n) is 9.09. The molecular weight excluding hydrogens is 354 g/mol. The Morgan fingerprint density at radius 3 is 2.96 bits per heavy atom. The summed E-state index contributed by atoms with van der Waals surface area (Å²) in [5.41, 5.74) is 2.53. The minimum absolute atomic E-state index is 0.210. The molecule has 1 amide bonds. The van der Waals surface area contributed by atoms with Crippen LogP contribution in [0.5, 0.6) is 5.75 Å². The maximum absolute atomic E-state index is 12.3. The lowest BCUT2D eigenvalue weighted by Crippen LogP contribution is -2.49. The molecule has 0 unspecified atom stereocenters. The first-order chi connectivity index (χ1) is 12.6. The highest BCUT2D eigenvalue weighted by Crippen LogP contribution is 2.49. The Hall–Kier alpha value is -2.21. The molecule has 1 aliphatic carbocycles. The molecule has 0 radical (unpaired) electrons. The molecular formula is C19H20ClN3O3. The number of halogens is 1. The van der Waals surface area contributed by atoms with Crippen LogP contribution in [0.3, 0.4) is 0 Å². The highest BCUT2D eigenvalue weighted by molar-refractivity contribution is 6.30. The summed E-state index contributed by atoms with van der Waals surface area (Å²) < 4.78 is 11.9. The van der Waals surface area contributed by atoms with Crippen LogP contribution in [0.2, 0.25) is 5.02 Å². The van der Waals surface area contributed by atoms with Gasteiger partial charge in [0.15, 0.2) is 0 Å². The number of nitrogens with one attached hydrogen (secondary N) is 1. The average molecular weight is 374 g/mol. The van der Waals surface area contributed by atoms with Crippen molar-refractivity contribution in [3.05, 3.63) is 35.0 Å². The number of fused-ring (bicyclic) bond motifs is 4. The average Bonchev–Trinajstić information content (AvgIpc) is 3.34. The topological polar surface area (TPSA) is 67.4 Å². The molecule has 1 saturated heterocycles. The number of hydrogen-bond acceptors (Lipinski definition) is 4. The molecule has 2 fully saturated rings. The van der Waals surface area contributed by atoms with Crippen LogP contribution in [-0.4, -0.2) is 40.9 Å². The Bertz CT molecular complexity index is 853. The fraction of sp³-hybridized carbons (Fsp3) is 0.474. The standard InChI is InChI=1S/C19H20ClN3O3/c20-13-3-4-14-16(9-13)26-19(15-10-21-22-17(14)15)5-7-23(8-6-19)18(24)25-11-12-1-2-12/h3-4,9-10,12H,1-2,5-8,11H2,(H,21,22). The van der Waals surface area contributed by atoms with Crippen molar-refractivity contribution < 1.29 is 14.3 Å². The van der Waals surface area contributed by atoms with E-state index in [0.717, 1.165) is 22.6 Å². The second-order valence-electron chi connectivity index (χ2n) is 7.40. The molecule has 3 aliphatic rings. The lowest BCUT2D eigenvalue weighted by Gasteiger charge is -2.43. The number of carbonyl (C=O) groups excluding carboxylic acids is 1. The van der Waals surface area contributed by atoms with Crippen molar-refractivity contribution in [2.24, 2.45) is 5.92 Å². The minimum atomic E-state index is -0.479. The van der Waals surface area contributed by atoms with Gasteiger partial charge in [0.05, 0.1) is 18.5 Å². The van der Waals surface area contributed by atoms with Gasteiger partial charge in [-0.2, -0.15) is 5.10 Å². The summed E-state index contributed by atoms with van der Waals surface area (Å²) in [6.45, 7) is 1.75. The molecule has 26 heavy (non-hydrogen) atoms. The summed E-state index contributed by atoms with van der Waals surface area (Å²) in [5, 5.41) is 7.98. The quantitative estimate of drug-likeness (QED) is 0.865. The molecule has 2 aliphatic heterocycles. The Morgan fingerprint density at radius 1 is 1.38 bits per heavy atom. The number of carbonyl (C=O) groups is 1. The summed E-state index contributed by atoms with van der Waals surface area (Å²) >= 11 is 6.16. The van der Waals surface area contributed by atoms with E-state index in [1.807, 2.05) is 24.4 Å². The van der Waals surface area contributed by atoms with E-state index in [9.17, 15) is 4.79 Å². The van der Waals surface area contributed by atoms with E-state index < -0.39 is 5.60 Å². The number of ether oxygens (including phenoxy) is 2. The first kappa shape index (κ1) is 16.0. The fourth-order valence-electron chi connectivity index (χ4n) is 3.88. The maximum atomic E-state index is 12.3. The van der Waals surface area contributed by atoms with E-state index >= 15 is 0 Å². The third-order valence-electron chi connectivity index (χ3n) is 5.62. The second kappa shape index (κ2) is 5.91. The van der Waals surface area contributed by atoms with Gasteiger partial charge in [0.1, 0.15) is 11.4 Å². The molecule has 2 aromatic rings. The molecule has 6 nitrogen and oxygen atoms in total. The number of nitrogens with zero attached hydrogens (tertiary/aromatic N) is 2. The van der Waals surface area contributed by atoms with Crippen molar-refractivity contribution in [1.29, 1.82) is 0 Å². The Kier molecular flexibility index (Phi) is 3.64. The molecule has 1 aromatic carbocycles. The van der Waals surface area contributed by atoms with E-state index in [1.54, 1.807) is 4.90 Å². The van der Waals surface area contributed by atoms with Crippen molar-refractivity contribution in [2.75, 3.05) is 19.7 Å². The molecule has 5 rings (SSSR count). The summed E-state index contributed by atoms with van der Waals surface area (Å²) in [4.78, 5) is 14.0. The fourth-order valence-corrected chi connectivity index (χ4v) is 4.04. The zero-order chi connectivity index (χ0) is 17.7. The van der Waals surface area contributed by atoms with Gasteiger partial charge in [-0.3, -0.25) is 5.10 Å². The lowest BCUT2D eigenvalue weighted by molar-refractivity contribution is -0.00595. The first-order valence-corrected chi connectivity index (χ1v) is 9.47. The monoisotopic (exact) mass is 373 g/mol. The van der Waals surface area contributed by atoms with Crippen molar-refractivity contribution in [2.45, 2.75) is 31.3 Å². The Balaban J connectivity index is 1.36. The van der Waals surface area contributed by atoms with Gasteiger partial charge >= 0.3 is 6.09 Å². The van der Waals surface area contributed by atoms with Gasteiger partial charge in [-0.1, -0.05) is 11.6 Å². The number of aromatic amines is 1. The van der Waals surface area contributed by atoms with Crippen LogP contribution in [0.4, 0.5) is 4.79 Å². The molecule has 3 heterocycles. The highest BCUT2D eigenvalue weighted by Gasteiger charge is 2.45. The van der Waals surface area contributed by atoms with Gasteiger partial charge < -0.3 is 14.4 Å². The zero-order valence-electron chi connectivity index (χ0n) is 14.3. The number of H-pyrrole nitrogens is 1. The predicted octanol–water partition coefficient (Wildman–Crippen LogP) is 3.96. The van der Waals surface area contributed by atoms with Crippen LogP contribution in [0.1, 0.15) is 31.2 Å². The van der Waals surface area contributed by atoms with Gasteiger partial charge in [-0.15, -0.1) is 0 Å². The summed E-state index contributed by atoms with van der Waals surface area (Å²) in [6, 6.07) is 5.65. The van der Waals surface area contributed by atoms with E-state index in [2.05, 4.69) is 10.2 Å². The molecule has 7 heteroatoms. The van der Waals surface area contributed by atoms with Gasteiger partial charge in [-0.25, -0.2) is 4.79 Å². The maximum Gasteiger partial charge on any atom is 0.409 e. The third-order valence-corrected chi connectivity index (χ3v) is 5.85. The molecule has 1 N–H and O–H groups in total. The predicted molar refractivity (Wildman–Crippen MR) is 96.2 cm³/mol. The number of rotatable bonds is 2. The highest BCUT2D eigenvalue weighted by atomic mass is 35.5. The molecule has 1 spiro atoms. The van der Waals surface area contributed by atoms with Crippen LogP contribution in [0.15, 0.2) is 24.4 Å². The van der Waals surface area contributed by atoms with Gasteiger partial charge in [0, 0.05) is 42.1 Å². The van der Waals surface area contributed by atoms with Crippen LogP contribution in [-0.2, 0) is 10.3 Å².